The van der Waals surface area contributed by atoms with Gasteiger partial charge in [-0.05, 0) is 26.0 Å². The second-order valence-corrected chi connectivity index (χ2v) is 9.27. The van der Waals surface area contributed by atoms with Crippen LogP contribution >= 0.6 is 0 Å². The second kappa shape index (κ2) is 9.25. The zero-order chi connectivity index (χ0) is 24.7. The highest BCUT2D eigenvalue weighted by atomic mass is 19.1. The van der Waals surface area contributed by atoms with E-state index in [0.717, 1.165) is 12.8 Å². The first-order valence-electron chi connectivity index (χ1n) is 11.7. The molecule has 35 heavy (non-hydrogen) atoms. The summed E-state index contributed by atoms with van der Waals surface area (Å²) < 4.78 is 31.2. The normalized spacial score (nSPS) is 24.3. The standard InChI is InChI=1S/C23H28F2N8O2/c1-3-18(34)32-6-4-5-13(9-32)28-22-20(25)15-8-26-23(35)19(15)21(30-22)29-14-7-27-33(10-14)17-12-31(2)11-16(17)24/h3,7,10,13,16-17H,1,4-6,8-9,11-12H2,2H3,(H,26,35)(H2,28,29,30). The summed E-state index contributed by atoms with van der Waals surface area (Å²) in [6.45, 7) is 5.48. The molecule has 5 heterocycles. The van der Waals surface area contributed by atoms with Crippen molar-refractivity contribution in [2.45, 2.75) is 37.6 Å². The lowest BCUT2D eigenvalue weighted by Crippen LogP contribution is -2.44. The lowest BCUT2D eigenvalue weighted by Gasteiger charge is -2.33. The number of piperidine rings is 1. The predicted octanol–water partition coefficient (Wildman–Crippen LogP) is 1.82. The molecule has 12 heteroatoms. The number of aromatic nitrogens is 3. The number of hydrogen-bond acceptors (Lipinski definition) is 7. The van der Waals surface area contributed by atoms with E-state index in [1.165, 1.54) is 12.3 Å². The number of carbonyl (C=O) groups excluding carboxylic acids is 2. The fourth-order valence-electron chi connectivity index (χ4n) is 4.98. The summed E-state index contributed by atoms with van der Waals surface area (Å²) in [5, 5.41) is 13.1. The van der Waals surface area contributed by atoms with E-state index < -0.39 is 23.9 Å². The third-order valence-corrected chi connectivity index (χ3v) is 6.74. The highest BCUT2D eigenvalue weighted by Gasteiger charge is 2.34. The van der Waals surface area contributed by atoms with Gasteiger partial charge in [0, 0.05) is 50.5 Å². The summed E-state index contributed by atoms with van der Waals surface area (Å²) in [4.78, 5) is 32.5. The van der Waals surface area contributed by atoms with Crippen LogP contribution in [0.1, 0.15) is 34.8 Å². The van der Waals surface area contributed by atoms with Crippen LogP contribution in [0, 0.1) is 5.82 Å². The Morgan fingerprint density at radius 1 is 1.31 bits per heavy atom. The van der Waals surface area contributed by atoms with Crippen LogP contribution in [0.3, 0.4) is 0 Å². The van der Waals surface area contributed by atoms with E-state index in [2.05, 4.69) is 32.6 Å². The van der Waals surface area contributed by atoms with E-state index in [0.29, 0.717) is 31.9 Å². The van der Waals surface area contributed by atoms with Crippen molar-refractivity contribution in [1.29, 1.82) is 0 Å². The Hall–Kier alpha value is -3.54. The first kappa shape index (κ1) is 23.2. The number of pyridine rings is 1. The van der Waals surface area contributed by atoms with Gasteiger partial charge in [-0.1, -0.05) is 6.58 Å². The van der Waals surface area contributed by atoms with Crippen LogP contribution < -0.4 is 16.0 Å². The Kier molecular flexibility index (Phi) is 6.13. The number of nitrogens with zero attached hydrogens (tertiary/aromatic N) is 5. The number of nitrogens with one attached hydrogen (secondary N) is 3. The lowest BCUT2D eigenvalue weighted by atomic mass is 10.0. The number of halogens is 2. The van der Waals surface area contributed by atoms with E-state index in [-0.39, 0.29) is 41.3 Å². The maximum atomic E-state index is 15.3. The maximum absolute atomic E-state index is 15.3. The van der Waals surface area contributed by atoms with Crippen molar-refractivity contribution in [3.8, 4) is 0 Å². The second-order valence-electron chi connectivity index (χ2n) is 9.27. The number of alkyl halides is 1. The van der Waals surface area contributed by atoms with Crippen molar-refractivity contribution >= 4 is 29.1 Å². The molecule has 0 aliphatic carbocycles. The Morgan fingerprint density at radius 3 is 2.89 bits per heavy atom. The molecule has 0 radical (unpaired) electrons. The Balaban J connectivity index is 1.40. The van der Waals surface area contributed by atoms with Gasteiger partial charge in [-0.25, -0.2) is 13.8 Å². The third kappa shape index (κ3) is 4.45. The van der Waals surface area contributed by atoms with Crippen LogP contribution in [0.25, 0.3) is 0 Å². The molecule has 0 saturated carbocycles. The molecule has 5 rings (SSSR count). The molecule has 0 aromatic carbocycles. The quantitative estimate of drug-likeness (QED) is 0.535. The molecule has 3 atom stereocenters. The van der Waals surface area contributed by atoms with Crippen LogP contribution in [0.2, 0.25) is 0 Å². The highest BCUT2D eigenvalue weighted by molar-refractivity contribution is 6.03. The number of anilines is 3. The van der Waals surface area contributed by atoms with Gasteiger partial charge in [-0.2, -0.15) is 5.10 Å². The number of fused-ring (bicyclic) bond motifs is 1. The molecule has 3 aliphatic rings. The van der Waals surface area contributed by atoms with Crippen molar-refractivity contribution in [3.05, 3.63) is 42.0 Å². The van der Waals surface area contributed by atoms with Gasteiger partial charge in [-0.3, -0.25) is 14.3 Å². The summed E-state index contributed by atoms with van der Waals surface area (Å²) in [6, 6.07) is -0.607. The monoisotopic (exact) mass is 486 g/mol. The summed E-state index contributed by atoms with van der Waals surface area (Å²) in [5.41, 5.74) is 0.870. The molecule has 186 valence electrons. The molecule has 2 fully saturated rings. The van der Waals surface area contributed by atoms with E-state index in [9.17, 15) is 14.0 Å². The lowest BCUT2D eigenvalue weighted by molar-refractivity contribution is -0.127. The van der Waals surface area contributed by atoms with Crippen LogP contribution in [0.4, 0.5) is 26.1 Å². The van der Waals surface area contributed by atoms with Gasteiger partial charge in [0.25, 0.3) is 5.91 Å². The number of likely N-dealkylation sites (tertiary alicyclic amines) is 2. The number of rotatable bonds is 6. The van der Waals surface area contributed by atoms with Gasteiger partial charge in [0.15, 0.2) is 11.6 Å². The number of likely N-dealkylation sites (N-methyl/N-ethyl adjacent to an activating group) is 1. The zero-order valence-corrected chi connectivity index (χ0v) is 19.4. The van der Waals surface area contributed by atoms with Crippen LogP contribution in [0.15, 0.2) is 25.0 Å². The maximum Gasteiger partial charge on any atom is 0.255 e. The SMILES string of the molecule is C=CC(=O)N1CCCC(Nc2nc(Nc3cnn(C4CN(C)CC4F)c3)c3c(c2F)CNC3=O)C1. The minimum absolute atomic E-state index is 0.00860. The molecule has 3 N–H and O–H groups in total. The van der Waals surface area contributed by atoms with E-state index in [1.54, 1.807) is 15.8 Å². The molecule has 2 amide bonds. The summed E-state index contributed by atoms with van der Waals surface area (Å²) >= 11 is 0. The molecular weight excluding hydrogens is 458 g/mol. The van der Waals surface area contributed by atoms with Gasteiger partial charge >= 0.3 is 0 Å². The van der Waals surface area contributed by atoms with E-state index in [4.69, 9.17) is 0 Å². The first-order valence-corrected chi connectivity index (χ1v) is 11.7. The minimum Gasteiger partial charge on any atom is -0.363 e. The zero-order valence-electron chi connectivity index (χ0n) is 19.4. The number of hydrogen-bond donors (Lipinski definition) is 3. The first-order chi connectivity index (χ1) is 16.8. The van der Waals surface area contributed by atoms with Gasteiger partial charge in [0.1, 0.15) is 12.0 Å². The molecule has 3 aliphatic heterocycles. The molecule has 2 saturated heterocycles. The fourth-order valence-corrected chi connectivity index (χ4v) is 4.98. The van der Waals surface area contributed by atoms with E-state index >= 15 is 4.39 Å². The van der Waals surface area contributed by atoms with Gasteiger partial charge in [0.05, 0.1) is 23.5 Å². The summed E-state index contributed by atoms with van der Waals surface area (Å²) in [6.07, 6.45) is 4.93. The number of carbonyl (C=O) groups is 2. The van der Waals surface area contributed by atoms with Crippen LogP contribution in [0.5, 0.6) is 0 Å². The van der Waals surface area contributed by atoms with Gasteiger partial charge in [-0.15, -0.1) is 0 Å². The molecule has 3 unspecified atom stereocenters. The Bertz CT molecular complexity index is 1170. The molecule has 2 aromatic rings. The van der Waals surface area contributed by atoms with Crippen LogP contribution in [-0.4, -0.2) is 81.8 Å². The topological polar surface area (TPSA) is 107 Å². The molecule has 10 nitrogen and oxygen atoms in total. The van der Waals surface area contributed by atoms with Crippen molar-refractivity contribution < 1.29 is 18.4 Å². The largest absolute Gasteiger partial charge is 0.363 e. The fraction of sp³-hybridized carbons (Fsp3) is 0.478. The van der Waals surface area contributed by atoms with Gasteiger partial charge < -0.3 is 25.8 Å². The van der Waals surface area contributed by atoms with Crippen LogP contribution in [-0.2, 0) is 11.3 Å². The van der Waals surface area contributed by atoms with Crippen molar-refractivity contribution in [2.24, 2.45) is 0 Å². The number of amides is 2. The summed E-state index contributed by atoms with van der Waals surface area (Å²) in [7, 11) is 1.85. The molecule has 0 spiro atoms. The van der Waals surface area contributed by atoms with E-state index in [1.807, 2.05) is 11.9 Å². The third-order valence-electron chi connectivity index (χ3n) is 6.74. The van der Waals surface area contributed by atoms with Crippen molar-refractivity contribution in [3.63, 3.8) is 0 Å². The predicted molar refractivity (Wildman–Crippen MR) is 126 cm³/mol. The van der Waals surface area contributed by atoms with Crippen molar-refractivity contribution in [2.75, 3.05) is 43.9 Å². The molecule has 2 aromatic heterocycles. The molecule has 0 bridgehead atoms. The summed E-state index contributed by atoms with van der Waals surface area (Å²) in [5.74, 6) is -0.990. The van der Waals surface area contributed by atoms with Crippen molar-refractivity contribution in [1.82, 2.24) is 29.9 Å². The van der Waals surface area contributed by atoms with Gasteiger partial charge in [0.2, 0.25) is 5.91 Å². The molecular formula is C23H28F2N8O2. The Morgan fingerprint density at radius 2 is 2.14 bits per heavy atom. The highest BCUT2D eigenvalue weighted by Crippen LogP contribution is 2.33. The average molecular weight is 487 g/mol. The smallest absolute Gasteiger partial charge is 0.255 e. The average Bonchev–Trinajstić information content (AvgIpc) is 3.55. The Labute approximate surface area is 201 Å². The minimum atomic E-state index is -1.04.